The first-order valence-electron chi connectivity index (χ1n) is 14.5. The summed E-state index contributed by atoms with van der Waals surface area (Å²) in [6.45, 7) is 20.6. The summed E-state index contributed by atoms with van der Waals surface area (Å²) >= 11 is 0. The third-order valence-corrected chi connectivity index (χ3v) is 9.22. The number of nitrogens with zero attached hydrogens (tertiary/aromatic N) is 1. The molecule has 0 N–H and O–H groups in total. The van der Waals surface area contributed by atoms with Crippen LogP contribution in [0.25, 0.3) is 21.9 Å². The van der Waals surface area contributed by atoms with E-state index in [9.17, 15) is 14.4 Å². The Kier molecular flexibility index (Phi) is 10.4. The fourth-order valence-corrected chi connectivity index (χ4v) is 7.78. The van der Waals surface area contributed by atoms with Crippen LogP contribution in [0.15, 0.2) is 48.5 Å². The van der Waals surface area contributed by atoms with E-state index in [1.54, 1.807) is 119 Å². The van der Waals surface area contributed by atoms with Gasteiger partial charge >= 0.3 is 15.6 Å². The van der Waals surface area contributed by atoms with E-state index in [4.69, 9.17) is 27.1 Å². The smallest absolute Gasteiger partial charge is 0.404 e. The minimum atomic E-state index is -4.22. The summed E-state index contributed by atoms with van der Waals surface area (Å²) in [6, 6.07) is 14.6. The highest BCUT2D eigenvalue weighted by Crippen LogP contribution is 2.56. The fraction of sp³-hybridized carbons (Fsp3) is 0.485. The van der Waals surface area contributed by atoms with E-state index in [2.05, 4.69) is 6.07 Å². The molecule has 0 unspecified atom stereocenters. The highest BCUT2D eigenvalue weighted by atomic mass is 31.2. The molecule has 0 saturated carbocycles. The first-order chi connectivity index (χ1) is 20.3. The standard InChI is InChI=1S/C33H44FNO8P2/c1-30(2,3)40-44(36,41-31(4,5)6)38-26-15-13-23-17-24(18-25(21-35)27(23)20-26)22-14-16-29(28(34)19-22)39-45(37,42-32(7,8)9)43-33(10,11)12/h13-20H,1-12H3. The minimum Gasteiger partial charge on any atom is -0.404 e. The number of phosphoric ester groups is 2. The lowest BCUT2D eigenvalue weighted by Gasteiger charge is -2.31. The second-order valence-corrected chi connectivity index (χ2v) is 17.4. The second-order valence-electron chi connectivity index (χ2n) is 14.6. The van der Waals surface area contributed by atoms with Crippen molar-refractivity contribution < 1.29 is 40.7 Å². The Labute approximate surface area is 266 Å². The zero-order valence-corrected chi connectivity index (χ0v) is 29.9. The molecule has 0 aliphatic heterocycles. The molecule has 0 heterocycles. The number of rotatable bonds is 9. The van der Waals surface area contributed by atoms with Gasteiger partial charge in [-0.3, -0.25) is 18.1 Å². The zero-order valence-electron chi connectivity index (χ0n) is 28.1. The third-order valence-electron chi connectivity index (χ3n) is 5.28. The molecule has 0 fully saturated rings. The van der Waals surface area contributed by atoms with Gasteiger partial charge in [0.15, 0.2) is 11.6 Å². The Morgan fingerprint density at radius 1 is 0.622 bits per heavy atom. The Bertz CT molecular complexity index is 1650. The van der Waals surface area contributed by atoms with Crippen molar-refractivity contribution in [1.29, 1.82) is 5.26 Å². The maximum Gasteiger partial charge on any atom is 0.531 e. The van der Waals surface area contributed by atoms with Crippen LogP contribution in [-0.2, 0) is 27.2 Å². The molecule has 246 valence electrons. The molecule has 3 aromatic carbocycles. The summed E-state index contributed by atoms with van der Waals surface area (Å²) in [5.41, 5.74) is -2.15. The Hall–Kier alpha value is -2.76. The van der Waals surface area contributed by atoms with Crippen LogP contribution in [0.3, 0.4) is 0 Å². The lowest BCUT2D eigenvalue weighted by molar-refractivity contribution is 0.0203. The Balaban J connectivity index is 1.99. The topological polar surface area (TPSA) is 113 Å². The lowest BCUT2D eigenvalue weighted by atomic mass is 9.97. The Morgan fingerprint density at radius 2 is 1.11 bits per heavy atom. The molecule has 0 radical (unpaired) electrons. The molecular formula is C33H44FNO8P2. The molecule has 3 rings (SSSR count). The average molecular weight is 664 g/mol. The normalized spacial score (nSPS) is 13.5. The van der Waals surface area contributed by atoms with E-state index in [0.29, 0.717) is 21.9 Å². The highest BCUT2D eigenvalue weighted by Gasteiger charge is 2.40. The van der Waals surface area contributed by atoms with Gasteiger partial charge in [-0.25, -0.2) is 13.5 Å². The van der Waals surface area contributed by atoms with Crippen LogP contribution >= 0.6 is 15.6 Å². The minimum absolute atomic E-state index is 0.190. The molecule has 0 aliphatic carbocycles. The Morgan fingerprint density at radius 3 is 1.56 bits per heavy atom. The van der Waals surface area contributed by atoms with E-state index in [1.807, 2.05) is 0 Å². The number of hydrogen-bond acceptors (Lipinski definition) is 9. The van der Waals surface area contributed by atoms with Crippen molar-refractivity contribution in [3.63, 3.8) is 0 Å². The van der Waals surface area contributed by atoms with Crippen LogP contribution in [0.1, 0.15) is 88.6 Å². The van der Waals surface area contributed by atoms with Crippen molar-refractivity contribution in [2.75, 3.05) is 0 Å². The quantitative estimate of drug-likeness (QED) is 0.206. The van der Waals surface area contributed by atoms with Crippen molar-refractivity contribution in [3.05, 3.63) is 59.9 Å². The maximum atomic E-state index is 15.4. The SMILES string of the molecule is CC(C)(C)OP(=O)(Oc1ccc2cc(-c3ccc(OP(=O)(OC(C)(C)C)OC(C)(C)C)c(F)c3)cc(C#N)c2c1)OC(C)(C)C. The van der Waals surface area contributed by atoms with Crippen molar-refractivity contribution in [3.8, 4) is 28.7 Å². The van der Waals surface area contributed by atoms with Gasteiger partial charge in [0.1, 0.15) is 5.75 Å². The molecule has 0 saturated heterocycles. The van der Waals surface area contributed by atoms with Gasteiger partial charge in [-0.2, -0.15) is 5.26 Å². The molecule has 0 atom stereocenters. The monoisotopic (exact) mass is 663 g/mol. The van der Waals surface area contributed by atoms with Gasteiger partial charge in [0.25, 0.3) is 0 Å². The van der Waals surface area contributed by atoms with E-state index in [1.165, 1.54) is 12.1 Å². The van der Waals surface area contributed by atoms with Crippen molar-refractivity contribution in [1.82, 2.24) is 0 Å². The van der Waals surface area contributed by atoms with Gasteiger partial charge in [0.2, 0.25) is 0 Å². The van der Waals surface area contributed by atoms with E-state index in [0.717, 1.165) is 0 Å². The molecule has 9 nitrogen and oxygen atoms in total. The van der Waals surface area contributed by atoms with Crippen LogP contribution in [0.5, 0.6) is 11.5 Å². The van der Waals surface area contributed by atoms with E-state index >= 15 is 4.39 Å². The zero-order chi connectivity index (χ0) is 34.2. The molecule has 0 bridgehead atoms. The molecule has 3 aromatic rings. The second kappa shape index (κ2) is 12.8. The molecule has 0 aliphatic rings. The van der Waals surface area contributed by atoms with Crippen molar-refractivity contribution >= 4 is 26.4 Å². The summed E-state index contributed by atoms with van der Waals surface area (Å²) in [6.07, 6.45) is 0. The van der Waals surface area contributed by atoms with Crippen LogP contribution in [0, 0.1) is 17.1 Å². The molecule has 12 heteroatoms. The summed E-state index contributed by atoms with van der Waals surface area (Å²) in [4.78, 5) is 0. The first kappa shape index (κ1) is 36.7. The van der Waals surface area contributed by atoms with Crippen LogP contribution in [0.2, 0.25) is 0 Å². The van der Waals surface area contributed by atoms with Gasteiger partial charge < -0.3 is 9.05 Å². The van der Waals surface area contributed by atoms with Crippen LogP contribution in [0.4, 0.5) is 4.39 Å². The van der Waals surface area contributed by atoms with Crippen molar-refractivity contribution in [2.24, 2.45) is 0 Å². The highest BCUT2D eigenvalue weighted by molar-refractivity contribution is 7.49. The van der Waals surface area contributed by atoms with Crippen molar-refractivity contribution in [2.45, 2.75) is 105 Å². The molecule has 0 spiro atoms. The predicted octanol–water partition coefficient (Wildman–Crippen LogP) is 10.8. The summed E-state index contributed by atoms with van der Waals surface area (Å²) < 4.78 is 76.5. The fourth-order valence-electron chi connectivity index (χ4n) is 4.11. The van der Waals surface area contributed by atoms with Crippen LogP contribution in [-0.4, -0.2) is 22.4 Å². The molecule has 45 heavy (non-hydrogen) atoms. The van der Waals surface area contributed by atoms with Gasteiger partial charge in [-0.05, 0) is 136 Å². The largest absolute Gasteiger partial charge is 0.531 e. The lowest BCUT2D eigenvalue weighted by Crippen LogP contribution is -2.25. The van der Waals surface area contributed by atoms with E-state index < -0.39 is 43.9 Å². The van der Waals surface area contributed by atoms with Gasteiger partial charge in [-0.1, -0.05) is 12.1 Å². The number of benzene rings is 3. The average Bonchev–Trinajstić information content (AvgIpc) is 2.79. The van der Waals surface area contributed by atoms with Crippen LogP contribution < -0.4 is 9.05 Å². The molecular weight excluding hydrogens is 619 g/mol. The number of halogens is 1. The van der Waals surface area contributed by atoms with Gasteiger partial charge in [0.05, 0.1) is 34.0 Å². The van der Waals surface area contributed by atoms with Gasteiger partial charge in [-0.15, -0.1) is 0 Å². The molecule has 0 amide bonds. The van der Waals surface area contributed by atoms with Gasteiger partial charge in [0, 0.05) is 5.39 Å². The molecule has 0 aromatic heterocycles. The maximum absolute atomic E-state index is 15.4. The number of phosphoric acid groups is 2. The number of hydrogen-bond donors (Lipinski definition) is 0. The first-order valence-corrected chi connectivity index (χ1v) is 17.4. The number of nitriles is 1. The van der Waals surface area contributed by atoms with E-state index in [-0.39, 0.29) is 17.1 Å². The summed E-state index contributed by atoms with van der Waals surface area (Å²) in [5, 5.41) is 11.2. The summed E-state index contributed by atoms with van der Waals surface area (Å²) in [7, 11) is -8.29. The summed E-state index contributed by atoms with van der Waals surface area (Å²) in [5.74, 6) is -0.910. The predicted molar refractivity (Wildman–Crippen MR) is 174 cm³/mol. The number of fused-ring (bicyclic) bond motifs is 1. The third kappa shape index (κ3) is 11.2.